The van der Waals surface area contributed by atoms with E-state index < -0.39 is 0 Å². The van der Waals surface area contributed by atoms with E-state index >= 15 is 0 Å². The third-order valence-electron chi connectivity index (χ3n) is 6.53. The van der Waals surface area contributed by atoms with Gasteiger partial charge in [0.2, 0.25) is 0 Å². The number of carbonyl (C=O) groups is 1. The van der Waals surface area contributed by atoms with Crippen LogP contribution in [-0.4, -0.2) is 39.2 Å². The van der Waals surface area contributed by atoms with Crippen molar-refractivity contribution in [2.75, 3.05) is 13.1 Å². The monoisotopic (exact) mass is 383 g/mol. The molecule has 0 N–H and O–H groups in total. The normalized spacial score (nSPS) is 28.3. The molecule has 1 aliphatic carbocycles. The van der Waals surface area contributed by atoms with Gasteiger partial charge in [0.25, 0.3) is 0 Å². The molecule has 2 aromatic rings. The van der Waals surface area contributed by atoms with Crippen LogP contribution in [-0.2, 0) is 11.3 Å². The quantitative estimate of drug-likeness (QED) is 0.725. The van der Waals surface area contributed by atoms with Crippen molar-refractivity contribution in [2.45, 2.75) is 71.9 Å². The average molecular weight is 384 g/mol. The van der Waals surface area contributed by atoms with E-state index in [1.165, 1.54) is 11.9 Å². The van der Waals surface area contributed by atoms with E-state index in [1.807, 2.05) is 17.3 Å². The van der Waals surface area contributed by atoms with Crippen LogP contribution in [0.1, 0.15) is 59.8 Å². The summed E-state index contributed by atoms with van der Waals surface area (Å²) in [6.45, 7) is 11.2. The smallest absolute Gasteiger partial charge is 0.410 e. The number of aromatic nitrogens is 2. The van der Waals surface area contributed by atoms with E-state index in [-0.39, 0.29) is 22.5 Å². The number of carbonyl (C=O) groups excluding carboxylic acids is 1. The number of hydrogen-bond donors (Lipinski definition) is 0. The van der Waals surface area contributed by atoms with Gasteiger partial charge >= 0.3 is 6.09 Å². The number of benzene rings is 1. The van der Waals surface area contributed by atoms with Crippen LogP contribution >= 0.6 is 0 Å². The standard InChI is InChI=1S/C23H33N3O2/c1-5-22(15-26-17-24-18-9-6-7-10-19(18)26)11-8-12-23(13-22)16-25(20(27)28-23)14-21(2,3)4/h6-7,9-10,17H,5,8,11-16H2,1-4H3. The highest BCUT2D eigenvalue weighted by atomic mass is 16.6. The highest BCUT2D eigenvalue weighted by Gasteiger charge is 2.52. The first-order valence-electron chi connectivity index (χ1n) is 10.6. The molecule has 1 spiro atoms. The SMILES string of the molecule is CCC1(Cn2cnc3ccccc32)CCCC2(CN(CC(C)(C)C)C(=O)O2)C1. The maximum atomic E-state index is 12.6. The number of rotatable bonds is 4. The molecule has 1 aromatic carbocycles. The topological polar surface area (TPSA) is 47.4 Å². The Bertz CT molecular complexity index is 868. The van der Waals surface area contributed by atoms with Crippen LogP contribution < -0.4 is 0 Å². The molecule has 1 aliphatic heterocycles. The molecule has 152 valence electrons. The van der Waals surface area contributed by atoms with Gasteiger partial charge < -0.3 is 14.2 Å². The summed E-state index contributed by atoms with van der Waals surface area (Å²) in [6.07, 6.45) is 7.12. The predicted molar refractivity (Wildman–Crippen MR) is 111 cm³/mol. The molecule has 2 aliphatic rings. The Kier molecular flexibility index (Phi) is 4.67. The maximum absolute atomic E-state index is 12.6. The van der Waals surface area contributed by atoms with E-state index in [2.05, 4.69) is 55.4 Å². The van der Waals surface area contributed by atoms with E-state index in [9.17, 15) is 4.79 Å². The Morgan fingerprint density at radius 2 is 2.00 bits per heavy atom. The van der Waals surface area contributed by atoms with Crippen molar-refractivity contribution < 1.29 is 9.53 Å². The van der Waals surface area contributed by atoms with Gasteiger partial charge in [-0.25, -0.2) is 9.78 Å². The number of para-hydroxylation sites is 2. The Hall–Kier alpha value is -2.04. The summed E-state index contributed by atoms with van der Waals surface area (Å²) in [5.74, 6) is 0. The second-order valence-corrected chi connectivity index (χ2v) is 10.2. The molecule has 28 heavy (non-hydrogen) atoms. The van der Waals surface area contributed by atoms with E-state index in [0.29, 0.717) is 0 Å². The summed E-state index contributed by atoms with van der Waals surface area (Å²) >= 11 is 0. The molecule has 0 radical (unpaired) electrons. The van der Waals surface area contributed by atoms with Gasteiger partial charge in [-0.15, -0.1) is 0 Å². The molecule has 0 bridgehead atoms. The molecular weight excluding hydrogens is 350 g/mol. The zero-order valence-electron chi connectivity index (χ0n) is 17.7. The van der Waals surface area contributed by atoms with E-state index in [1.54, 1.807) is 0 Å². The fourth-order valence-electron chi connectivity index (χ4n) is 5.30. The Balaban J connectivity index is 1.56. The number of ether oxygens (including phenoxy) is 1. The van der Waals surface area contributed by atoms with Crippen LogP contribution in [0.3, 0.4) is 0 Å². The first-order chi connectivity index (χ1) is 13.2. The van der Waals surface area contributed by atoms with Gasteiger partial charge in [0.05, 0.1) is 23.9 Å². The molecule has 2 unspecified atom stereocenters. The lowest BCUT2D eigenvalue weighted by Crippen LogP contribution is -2.46. The van der Waals surface area contributed by atoms with Crippen LogP contribution in [0.15, 0.2) is 30.6 Å². The summed E-state index contributed by atoms with van der Waals surface area (Å²) < 4.78 is 8.37. The molecule has 1 aromatic heterocycles. The summed E-state index contributed by atoms with van der Waals surface area (Å²) in [7, 11) is 0. The number of hydrogen-bond acceptors (Lipinski definition) is 3. The minimum absolute atomic E-state index is 0.0801. The Labute approximate surface area is 168 Å². The van der Waals surface area contributed by atoms with Crippen LogP contribution in [0.4, 0.5) is 4.79 Å². The van der Waals surface area contributed by atoms with Crippen LogP contribution in [0, 0.1) is 10.8 Å². The van der Waals surface area contributed by atoms with Crippen molar-refractivity contribution in [1.29, 1.82) is 0 Å². The van der Waals surface area contributed by atoms with Gasteiger partial charge in [-0.05, 0) is 55.1 Å². The largest absolute Gasteiger partial charge is 0.441 e. The summed E-state index contributed by atoms with van der Waals surface area (Å²) in [4.78, 5) is 19.1. The third kappa shape index (κ3) is 3.63. The first kappa shape index (κ1) is 19.3. The number of amides is 1. The molecule has 5 nitrogen and oxygen atoms in total. The van der Waals surface area contributed by atoms with Crippen LogP contribution in [0.2, 0.25) is 0 Å². The minimum Gasteiger partial charge on any atom is -0.441 e. The lowest BCUT2D eigenvalue weighted by molar-refractivity contribution is -0.0355. The molecule has 1 saturated heterocycles. The molecule has 2 heterocycles. The molecule has 1 saturated carbocycles. The molecule has 2 fully saturated rings. The fraction of sp³-hybridized carbons (Fsp3) is 0.652. The van der Waals surface area contributed by atoms with Crippen molar-refractivity contribution in [1.82, 2.24) is 14.5 Å². The Morgan fingerprint density at radius 1 is 1.21 bits per heavy atom. The van der Waals surface area contributed by atoms with E-state index in [4.69, 9.17) is 4.74 Å². The second-order valence-electron chi connectivity index (χ2n) is 10.2. The lowest BCUT2D eigenvalue weighted by atomic mass is 9.66. The van der Waals surface area contributed by atoms with Gasteiger partial charge in [-0.1, -0.05) is 39.8 Å². The van der Waals surface area contributed by atoms with Crippen molar-refractivity contribution in [3.05, 3.63) is 30.6 Å². The average Bonchev–Trinajstić information content (AvgIpc) is 3.15. The summed E-state index contributed by atoms with van der Waals surface area (Å²) in [6, 6.07) is 8.32. The third-order valence-corrected chi connectivity index (χ3v) is 6.53. The molecule has 2 atom stereocenters. The van der Waals surface area contributed by atoms with Crippen LogP contribution in [0.5, 0.6) is 0 Å². The van der Waals surface area contributed by atoms with Gasteiger partial charge in [-0.3, -0.25) is 0 Å². The van der Waals surface area contributed by atoms with Crippen LogP contribution in [0.25, 0.3) is 11.0 Å². The molecule has 5 heteroatoms. The van der Waals surface area contributed by atoms with Gasteiger partial charge in [0.15, 0.2) is 0 Å². The first-order valence-corrected chi connectivity index (χ1v) is 10.6. The second kappa shape index (κ2) is 6.78. The summed E-state index contributed by atoms with van der Waals surface area (Å²) in [5.41, 5.74) is 2.12. The van der Waals surface area contributed by atoms with Gasteiger partial charge in [0, 0.05) is 13.1 Å². The van der Waals surface area contributed by atoms with Crippen molar-refractivity contribution in [2.24, 2.45) is 10.8 Å². The lowest BCUT2D eigenvalue weighted by Gasteiger charge is -2.45. The predicted octanol–water partition coefficient (Wildman–Crippen LogP) is 5.24. The maximum Gasteiger partial charge on any atom is 0.410 e. The zero-order valence-corrected chi connectivity index (χ0v) is 17.7. The number of nitrogens with zero attached hydrogens (tertiary/aromatic N) is 3. The number of fused-ring (bicyclic) bond motifs is 1. The highest BCUT2D eigenvalue weighted by molar-refractivity contribution is 5.75. The van der Waals surface area contributed by atoms with Gasteiger partial charge in [-0.2, -0.15) is 0 Å². The number of imidazole rings is 1. The minimum atomic E-state index is -0.326. The Morgan fingerprint density at radius 3 is 2.75 bits per heavy atom. The van der Waals surface area contributed by atoms with Crippen molar-refractivity contribution in [3.63, 3.8) is 0 Å². The highest BCUT2D eigenvalue weighted by Crippen LogP contribution is 2.49. The zero-order chi connectivity index (χ0) is 20.0. The molecule has 4 rings (SSSR count). The molecule has 1 amide bonds. The summed E-state index contributed by atoms with van der Waals surface area (Å²) in [5, 5.41) is 0. The molecular formula is C23H33N3O2. The van der Waals surface area contributed by atoms with Crippen molar-refractivity contribution in [3.8, 4) is 0 Å². The van der Waals surface area contributed by atoms with E-state index in [0.717, 1.165) is 50.8 Å². The van der Waals surface area contributed by atoms with Gasteiger partial charge in [0.1, 0.15) is 5.60 Å². The van der Waals surface area contributed by atoms with Crippen molar-refractivity contribution >= 4 is 17.1 Å². The fourth-order valence-corrected chi connectivity index (χ4v) is 5.30.